The van der Waals surface area contributed by atoms with Crippen LogP contribution < -0.4 is 10.2 Å². The Hall–Kier alpha value is -2.17. The van der Waals surface area contributed by atoms with E-state index in [1.54, 1.807) is 0 Å². The minimum atomic E-state index is 0.0530. The predicted molar refractivity (Wildman–Crippen MR) is 89.2 cm³/mol. The molecule has 1 fully saturated rings. The lowest BCUT2D eigenvalue weighted by atomic mass is 9.92. The Morgan fingerprint density at radius 3 is 2.41 bits per heavy atom. The first-order valence-corrected chi connectivity index (χ1v) is 7.75. The maximum atomic E-state index is 4.37. The van der Waals surface area contributed by atoms with Gasteiger partial charge in [-0.2, -0.15) is 5.10 Å². The number of anilines is 2. The zero-order valence-electron chi connectivity index (χ0n) is 13.5. The van der Waals surface area contributed by atoms with Crippen LogP contribution in [0.1, 0.15) is 26.5 Å². The number of nitrogens with zero attached hydrogens (tertiary/aromatic N) is 4. The van der Waals surface area contributed by atoms with Gasteiger partial charge in [0.05, 0.1) is 5.69 Å². The second-order valence-corrected chi connectivity index (χ2v) is 6.91. The molecular weight excluding hydrogens is 274 g/mol. The summed E-state index contributed by atoms with van der Waals surface area (Å²) in [7, 11) is 0. The number of rotatable bonds is 4. The van der Waals surface area contributed by atoms with E-state index in [9.17, 15) is 0 Å². The Balaban J connectivity index is 1.49. The molecule has 0 aromatic carbocycles. The standard InChI is InChI=1S/C17H23N5/c1-17(2,3)15-4-5-16(21-20-15)22-11-13(12-22)10-19-14-6-8-18-9-7-14/h4-9,13H,10-12H2,1-3H3,(H,18,19). The van der Waals surface area contributed by atoms with Crippen LogP contribution in [0.2, 0.25) is 0 Å². The van der Waals surface area contributed by atoms with Crippen molar-refractivity contribution in [2.45, 2.75) is 26.2 Å². The van der Waals surface area contributed by atoms with Gasteiger partial charge in [-0.3, -0.25) is 4.98 Å². The van der Waals surface area contributed by atoms with Gasteiger partial charge in [-0.25, -0.2) is 0 Å². The molecule has 5 nitrogen and oxygen atoms in total. The van der Waals surface area contributed by atoms with E-state index in [-0.39, 0.29) is 5.41 Å². The van der Waals surface area contributed by atoms with Crippen LogP contribution in [0.15, 0.2) is 36.7 Å². The van der Waals surface area contributed by atoms with Crippen LogP contribution in [0.25, 0.3) is 0 Å². The molecule has 0 atom stereocenters. The molecule has 1 saturated heterocycles. The van der Waals surface area contributed by atoms with E-state index in [4.69, 9.17) is 0 Å². The van der Waals surface area contributed by atoms with E-state index in [1.807, 2.05) is 24.5 Å². The number of hydrogen-bond donors (Lipinski definition) is 1. The highest BCUT2D eigenvalue weighted by molar-refractivity contribution is 5.43. The van der Waals surface area contributed by atoms with Crippen molar-refractivity contribution >= 4 is 11.5 Å². The molecule has 0 aliphatic carbocycles. The maximum absolute atomic E-state index is 4.37. The molecule has 0 amide bonds. The fourth-order valence-corrected chi connectivity index (χ4v) is 2.51. The largest absolute Gasteiger partial charge is 0.385 e. The molecule has 1 aliphatic heterocycles. The van der Waals surface area contributed by atoms with Crippen molar-refractivity contribution in [1.29, 1.82) is 0 Å². The van der Waals surface area contributed by atoms with Crippen LogP contribution in [0.5, 0.6) is 0 Å². The topological polar surface area (TPSA) is 53.9 Å². The van der Waals surface area contributed by atoms with Crippen molar-refractivity contribution in [2.75, 3.05) is 29.9 Å². The molecule has 0 bridgehead atoms. The van der Waals surface area contributed by atoms with Gasteiger partial charge >= 0.3 is 0 Å². The summed E-state index contributed by atoms with van der Waals surface area (Å²) in [5, 5.41) is 12.2. The highest BCUT2D eigenvalue weighted by Crippen LogP contribution is 2.25. The molecular formula is C17H23N5. The molecule has 3 rings (SSSR count). The van der Waals surface area contributed by atoms with E-state index >= 15 is 0 Å². The van der Waals surface area contributed by atoms with Crippen molar-refractivity contribution in [3.63, 3.8) is 0 Å². The number of nitrogens with one attached hydrogen (secondary N) is 1. The molecule has 3 heterocycles. The monoisotopic (exact) mass is 297 g/mol. The summed E-state index contributed by atoms with van der Waals surface area (Å²) in [5.41, 5.74) is 2.22. The highest BCUT2D eigenvalue weighted by atomic mass is 15.3. The number of pyridine rings is 1. The van der Waals surface area contributed by atoms with Gasteiger partial charge in [0.15, 0.2) is 5.82 Å². The molecule has 1 N–H and O–H groups in total. The predicted octanol–water partition coefficient (Wildman–Crippen LogP) is 2.72. The van der Waals surface area contributed by atoms with Gasteiger partial charge in [-0.05, 0) is 24.3 Å². The fourth-order valence-electron chi connectivity index (χ4n) is 2.51. The van der Waals surface area contributed by atoms with Crippen molar-refractivity contribution in [3.05, 3.63) is 42.4 Å². The zero-order chi connectivity index (χ0) is 15.6. The lowest BCUT2D eigenvalue weighted by Gasteiger charge is -2.40. The quantitative estimate of drug-likeness (QED) is 0.940. The molecule has 0 saturated carbocycles. The fraction of sp³-hybridized carbons (Fsp3) is 0.471. The van der Waals surface area contributed by atoms with Gasteiger partial charge in [-0.15, -0.1) is 5.10 Å². The minimum Gasteiger partial charge on any atom is -0.385 e. The van der Waals surface area contributed by atoms with Crippen LogP contribution in [0.3, 0.4) is 0 Å². The average molecular weight is 297 g/mol. The van der Waals surface area contributed by atoms with Crippen LogP contribution >= 0.6 is 0 Å². The van der Waals surface area contributed by atoms with E-state index in [2.05, 4.69) is 58.3 Å². The first-order chi connectivity index (χ1) is 10.5. The normalized spacial score (nSPS) is 15.5. The smallest absolute Gasteiger partial charge is 0.151 e. The molecule has 0 unspecified atom stereocenters. The molecule has 22 heavy (non-hydrogen) atoms. The summed E-state index contributed by atoms with van der Waals surface area (Å²) < 4.78 is 0. The van der Waals surface area contributed by atoms with Crippen molar-refractivity contribution < 1.29 is 0 Å². The lowest BCUT2D eigenvalue weighted by Crippen LogP contribution is -2.50. The minimum absolute atomic E-state index is 0.0530. The highest BCUT2D eigenvalue weighted by Gasteiger charge is 2.28. The lowest BCUT2D eigenvalue weighted by molar-refractivity contribution is 0.424. The first-order valence-electron chi connectivity index (χ1n) is 7.75. The van der Waals surface area contributed by atoms with Crippen molar-refractivity contribution in [3.8, 4) is 0 Å². The zero-order valence-corrected chi connectivity index (χ0v) is 13.5. The third-order valence-corrected chi connectivity index (χ3v) is 3.98. The summed E-state index contributed by atoms with van der Waals surface area (Å²) in [6.07, 6.45) is 3.61. The molecule has 0 radical (unpaired) electrons. The molecule has 1 aliphatic rings. The van der Waals surface area contributed by atoms with Gasteiger partial charge in [0, 0.05) is 49.0 Å². The second-order valence-electron chi connectivity index (χ2n) is 6.91. The summed E-state index contributed by atoms with van der Waals surface area (Å²) >= 11 is 0. The number of hydrogen-bond acceptors (Lipinski definition) is 5. The SMILES string of the molecule is CC(C)(C)c1ccc(N2CC(CNc3ccncc3)C2)nn1. The second kappa shape index (κ2) is 5.91. The van der Waals surface area contributed by atoms with Gasteiger partial charge in [-0.1, -0.05) is 20.8 Å². The van der Waals surface area contributed by atoms with Gasteiger partial charge in [0.2, 0.25) is 0 Å². The van der Waals surface area contributed by atoms with E-state index in [0.717, 1.165) is 36.8 Å². The Bertz CT molecular complexity index is 597. The maximum Gasteiger partial charge on any atom is 0.151 e. The molecule has 2 aromatic heterocycles. The molecule has 116 valence electrons. The summed E-state index contributed by atoms with van der Waals surface area (Å²) in [4.78, 5) is 6.30. The van der Waals surface area contributed by atoms with E-state index in [1.165, 1.54) is 0 Å². The number of aromatic nitrogens is 3. The third kappa shape index (κ3) is 3.35. The van der Waals surface area contributed by atoms with Crippen molar-refractivity contribution in [1.82, 2.24) is 15.2 Å². The molecule has 5 heteroatoms. The van der Waals surface area contributed by atoms with Gasteiger partial charge in [0.25, 0.3) is 0 Å². The summed E-state index contributed by atoms with van der Waals surface area (Å²) in [6.45, 7) is 9.50. The Kier molecular flexibility index (Phi) is 3.96. The summed E-state index contributed by atoms with van der Waals surface area (Å²) in [5.74, 6) is 1.63. The Labute approximate surface area is 131 Å². The average Bonchev–Trinajstić information content (AvgIpc) is 2.46. The van der Waals surface area contributed by atoms with Gasteiger partial charge in [0.1, 0.15) is 0 Å². The van der Waals surface area contributed by atoms with E-state index in [0.29, 0.717) is 5.92 Å². The van der Waals surface area contributed by atoms with Crippen LogP contribution in [0, 0.1) is 5.92 Å². The Morgan fingerprint density at radius 2 is 1.82 bits per heavy atom. The first kappa shape index (κ1) is 14.8. The third-order valence-electron chi connectivity index (χ3n) is 3.98. The van der Waals surface area contributed by atoms with Crippen molar-refractivity contribution in [2.24, 2.45) is 5.92 Å². The van der Waals surface area contributed by atoms with E-state index < -0.39 is 0 Å². The molecule has 2 aromatic rings. The van der Waals surface area contributed by atoms with Gasteiger partial charge < -0.3 is 10.2 Å². The Morgan fingerprint density at radius 1 is 1.09 bits per heavy atom. The summed E-state index contributed by atoms with van der Waals surface area (Å²) in [6, 6.07) is 8.16. The molecule has 0 spiro atoms. The van der Waals surface area contributed by atoms with Crippen LogP contribution in [-0.4, -0.2) is 34.8 Å². The van der Waals surface area contributed by atoms with Crippen LogP contribution in [0.4, 0.5) is 11.5 Å². The van der Waals surface area contributed by atoms with Crippen LogP contribution in [-0.2, 0) is 5.41 Å².